The van der Waals surface area contributed by atoms with Crippen LogP contribution in [-0.4, -0.2) is 22.2 Å². The summed E-state index contributed by atoms with van der Waals surface area (Å²) in [5.41, 5.74) is 7.36. The number of aliphatic imine (C=N–C) groups is 1. The highest BCUT2D eigenvalue weighted by Crippen LogP contribution is 2.23. The van der Waals surface area contributed by atoms with E-state index in [2.05, 4.69) is 10.3 Å². The summed E-state index contributed by atoms with van der Waals surface area (Å²) in [6.45, 7) is 2.02. The van der Waals surface area contributed by atoms with Crippen molar-refractivity contribution in [3.63, 3.8) is 0 Å². The third-order valence-electron chi connectivity index (χ3n) is 2.81. The van der Waals surface area contributed by atoms with Crippen LogP contribution in [0.3, 0.4) is 0 Å². The van der Waals surface area contributed by atoms with E-state index >= 15 is 0 Å². The van der Waals surface area contributed by atoms with Gasteiger partial charge in [-0.3, -0.25) is 9.59 Å². The Morgan fingerprint density at radius 1 is 1.53 bits per heavy atom. The summed E-state index contributed by atoms with van der Waals surface area (Å²) in [6, 6.07) is 7.61. The van der Waals surface area contributed by atoms with Crippen molar-refractivity contribution in [3.8, 4) is 0 Å². The average Bonchev–Trinajstić information content (AvgIpc) is 2.38. The van der Waals surface area contributed by atoms with Crippen LogP contribution in [0.5, 0.6) is 0 Å². The maximum Gasteiger partial charge on any atom is 0.249 e. The first kappa shape index (κ1) is 13.6. The van der Waals surface area contributed by atoms with Crippen molar-refractivity contribution in [3.05, 3.63) is 29.8 Å². The van der Waals surface area contributed by atoms with E-state index in [1.165, 1.54) is 0 Å². The van der Waals surface area contributed by atoms with Gasteiger partial charge in [0.1, 0.15) is 5.25 Å². The van der Waals surface area contributed by atoms with Gasteiger partial charge in [0.05, 0.1) is 6.42 Å². The summed E-state index contributed by atoms with van der Waals surface area (Å²) in [6.07, 6.45) is 0.919. The van der Waals surface area contributed by atoms with Crippen molar-refractivity contribution < 1.29 is 9.59 Å². The minimum atomic E-state index is -0.505. The van der Waals surface area contributed by atoms with Crippen LogP contribution in [0, 0.1) is 0 Å². The average molecular weight is 277 g/mol. The first-order valence-electron chi connectivity index (χ1n) is 6.02. The number of nitrogens with two attached hydrogens (primary N) is 1. The summed E-state index contributed by atoms with van der Waals surface area (Å²) in [5, 5.41) is 2.50. The number of benzene rings is 1. The predicted octanol–water partition coefficient (Wildman–Crippen LogP) is 1.53. The molecule has 0 aromatic heterocycles. The fraction of sp³-hybridized carbons (Fsp3) is 0.308. The number of hydrogen-bond donors (Lipinski definition) is 2. The van der Waals surface area contributed by atoms with Crippen LogP contribution in [0.25, 0.3) is 0 Å². The third-order valence-corrected chi connectivity index (χ3v) is 3.80. The molecule has 1 aliphatic rings. The number of para-hydroxylation sites is 1. The molecular weight excluding hydrogens is 262 g/mol. The highest BCUT2D eigenvalue weighted by atomic mass is 32.2. The highest BCUT2D eigenvalue weighted by molar-refractivity contribution is 8.15. The van der Waals surface area contributed by atoms with Gasteiger partial charge >= 0.3 is 0 Å². The van der Waals surface area contributed by atoms with Gasteiger partial charge in [-0.2, -0.15) is 4.99 Å². The minimum absolute atomic E-state index is 0.0888. The number of amides is 2. The van der Waals surface area contributed by atoms with Crippen LogP contribution in [0.4, 0.5) is 5.69 Å². The van der Waals surface area contributed by atoms with Crippen LogP contribution in [0.15, 0.2) is 29.3 Å². The lowest BCUT2D eigenvalue weighted by molar-refractivity contribution is -0.121. The van der Waals surface area contributed by atoms with Crippen molar-refractivity contribution >= 4 is 34.4 Å². The quantitative estimate of drug-likeness (QED) is 0.877. The van der Waals surface area contributed by atoms with Crippen LogP contribution in [0.2, 0.25) is 0 Å². The molecule has 0 spiro atoms. The summed E-state index contributed by atoms with van der Waals surface area (Å²) < 4.78 is 0. The second-order valence-electron chi connectivity index (χ2n) is 4.15. The van der Waals surface area contributed by atoms with Crippen LogP contribution < -0.4 is 11.1 Å². The molecule has 0 unspecified atom stereocenters. The molecule has 6 heteroatoms. The molecule has 19 heavy (non-hydrogen) atoms. The second kappa shape index (κ2) is 5.88. The molecule has 0 bridgehead atoms. The molecule has 5 nitrogen and oxygen atoms in total. The van der Waals surface area contributed by atoms with Gasteiger partial charge in [-0.1, -0.05) is 36.9 Å². The molecule has 1 aliphatic heterocycles. The zero-order chi connectivity index (χ0) is 13.8. The maximum absolute atomic E-state index is 12.1. The first-order valence-corrected chi connectivity index (χ1v) is 6.90. The molecule has 1 atom stereocenters. The number of anilines is 1. The fourth-order valence-corrected chi connectivity index (χ4v) is 2.69. The number of rotatable bonds is 3. The maximum atomic E-state index is 12.1. The van der Waals surface area contributed by atoms with E-state index in [4.69, 9.17) is 5.73 Å². The van der Waals surface area contributed by atoms with Crippen LogP contribution in [-0.2, 0) is 16.0 Å². The largest absolute Gasteiger partial charge is 0.378 e. The number of carbonyl (C=O) groups excluding carboxylic acids is 2. The molecular formula is C13H15N3O2S. The van der Waals surface area contributed by atoms with Crippen molar-refractivity contribution in [1.82, 2.24) is 0 Å². The zero-order valence-electron chi connectivity index (χ0n) is 10.6. The van der Waals surface area contributed by atoms with E-state index in [-0.39, 0.29) is 23.4 Å². The van der Waals surface area contributed by atoms with Gasteiger partial charge in [-0.15, -0.1) is 0 Å². The standard InChI is InChI=1S/C13H15N3O2S/c1-2-8-5-3-4-6-9(8)15-12(18)10-7-11(17)16-13(14)19-10/h3-6,10H,2,7H2,1H3,(H,15,18)(H2,14,16,17)/t10-/m0/s1. The minimum Gasteiger partial charge on any atom is -0.378 e. The molecule has 0 saturated carbocycles. The first-order chi connectivity index (χ1) is 9.10. The zero-order valence-corrected chi connectivity index (χ0v) is 11.4. The van der Waals surface area contributed by atoms with Crippen molar-refractivity contribution in [2.45, 2.75) is 25.0 Å². The van der Waals surface area contributed by atoms with E-state index in [0.717, 1.165) is 29.4 Å². The summed E-state index contributed by atoms with van der Waals surface area (Å²) in [4.78, 5) is 27.0. The lowest BCUT2D eigenvalue weighted by atomic mass is 10.1. The fourth-order valence-electron chi connectivity index (χ4n) is 1.85. The molecule has 0 radical (unpaired) electrons. The number of nitrogens with zero attached hydrogens (tertiary/aromatic N) is 1. The highest BCUT2D eigenvalue weighted by Gasteiger charge is 2.28. The Balaban J connectivity index is 2.09. The molecule has 2 amide bonds. The third kappa shape index (κ3) is 3.35. The number of thioether (sulfide) groups is 1. The monoisotopic (exact) mass is 277 g/mol. The summed E-state index contributed by atoms with van der Waals surface area (Å²) in [7, 11) is 0. The smallest absolute Gasteiger partial charge is 0.249 e. The molecule has 1 heterocycles. The molecule has 1 aromatic rings. The predicted molar refractivity (Wildman–Crippen MR) is 77.1 cm³/mol. The van der Waals surface area contributed by atoms with Crippen LogP contribution >= 0.6 is 11.8 Å². The molecule has 2 rings (SSSR count). The van der Waals surface area contributed by atoms with Gasteiger partial charge < -0.3 is 11.1 Å². The van der Waals surface area contributed by atoms with Crippen molar-refractivity contribution in [1.29, 1.82) is 0 Å². The van der Waals surface area contributed by atoms with Crippen LogP contribution in [0.1, 0.15) is 18.9 Å². The number of carbonyl (C=O) groups is 2. The number of nitrogens with one attached hydrogen (secondary N) is 1. The Morgan fingerprint density at radius 2 is 2.26 bits per heavy atom. The van der Waals surface area contributed by atoms with E-state index in [1.54, 1.807) is 0 Å². The van der Waals surface area contributed by atoms with Gasteiger partial charge in [-0.25, -0.2) is 0 Å². The molecule has 1 aromatic carbocycles. The van der Waals surface area contributed by atoms with Gasteiger partial charge in [0, 0.05) is 5.69 Å². The molecule has 0 fully saturated rings. The van der Waals surface area contributed by atoms with E-state index in [1.807, 2.05) is 31.2 Å². The Labute approximate surface area is 115 Å². The number of amidine groups is 1. The van der Waals surface area contributed by atoms with Gasteiger partial charge in [0.2, 0.25) is 11.8 Å². The Hall–Kier alpha value is -1.82. The number of hydrogen-bond acceptors (Lipinski definition) is 4. The summed E-state index contributed by atoms with van der Waals surface area (Å²) >= 11 is 1.13. The van der Waals surface area contributed by atoms with Crippen molar-refractivity contribution in [2.75, 3.05) is 5.32 Å². The Morgan fingerprint density at radius 3 is 2.95 bits per heavy atom. The topological polar surface area (TPSA) is 84.5 Å². The van der Waals surface area contributed by atoms with Gasteiger partial charge in [0.15, 0.2) is 5.17 Å². The second-order valence-corrected chi connectivity index (χ2v) is 5.38. The lowest BCUT2D eigenvalue weighted by Crippen LogP contribution is -2.33. The molecule has 100 valence electrons. The van der Waals surface area contributed by atoms with Crippen molar-refractivity contribution in [2.24, 2.45) is 10.7 Å². The Kier molecular flexibility index (Phi) is 4.21. The molecule has 3 N–H and O–H groups in total. The van der Waals surface area contributed by atoms with Gasteiger partial charge in [-0.05, 0) is 18.1 Å². The SMILES string of the molecule is CCc1ccccc1NC(=O)[C@@H]1CC(=O)N=C(N)S1. The molecule has 0 saturated heterocycles. The number of aryl methyl sites for hydroxylation is 1. The van der Waals surface area contributed by atoms with E-state index in [0.29, 0.717) is 0 Å². The van der Waals surface area contributed by atoms with E-state index in [9.17, 15) is 9.59 Å². The molecule has 0 aliphatic carbocycles. The van der Waals surface area contributed by atoms with E-state index < -0.39 is 5.25 Å². The Bertz CT molecular complexity index is 542. The van der Waals surface area contributed by atoms with Gasteiger partial charge in [0.25, 0.3) is 0 Å². The summed E-state index contributed by atoms with van der Waals surface area (Å²) in [5.74, 6) is -0.558. The lowest BCUT2D eigenvalue weighted by Gasteiger charge is -2.18. The normalized spacial score (nSPS) is 18.9.